The Morgan fingerprint density at radius 3 is 2.17 bits per heavy atom. The molecule has 0 radical (unpaired) electrons. The minimum absolute atomic E-state index is 0.0135. The molecule has 0 aliphatic carbocycles. The Labute approximate surface area is 204 Å². The highest BCUT2D eigenvalue weighted by Crippen LogP contribution is 2.44. The van der Waals surface area contributed by atoms with E-state index >= 15 is 0 Å². The van der Waals surface area contributed by atoms with E-state index < -0.39 is 24.2 Å². The van der Waals surface area contributed by atoms with Crippen LogP contribution in [0.1, 0.15) is 45.0 Å². The van der Waals surface area contributed by atoms with Crippen LogP contribution in [0, 0.1) is 0 Å². The maximum absolute atomic E-state index is 14.0. The van der Waals surface area contributed by atoms with E-state index in [0.29, 0.717) is 13.1 Å². The van der Waals surface area contributed by atoms with Gasteiger partial charge in [0.05, 0.1) is 6.04 Å². The number of rotatable bonds is 6. The molecule has 1 amide bonds. The molecule has 2 aromatic carbocycles. The van der Waals surface area contributed by atoms with Gasteiger partial charge in [0.25, 0.3) is 5.91 Å². The van der Waals surface area contributed by atoms with Crippen LogP contribution in [-0.2, 0) is 13.1 Å². The van der Waals surface area contributed by atoms with Crippen molar-refractivity contribution in [1.29, 1.82) is 0 Å². The van der Waals surface area contributed by atoms with E-state index in [-0.39, 0.29) is 17.9 Å². The molecule has 0 spiro atoms. The van der Waals surface area contributed by atoms with Crippen LogP contribution in [0.2, 0.25) is 0 Å². The number of alkyl halides is 3. The molecule has 4 aromatic rings. The number of nitrogens with one attached hydrogen (secondary N) is 1. The van der Waals surface area contributed by atoms with Crippen molar-refractivity contribution >= 4 is 23.1 Å². The summed E-state index contributed by atoms with van der Waals surface area (Å²) in [6.07, 6.45) is -4.68. The molecule has 9 heteroatoms. The van der Waals surface area contributed by atoms with Crippen LogP contribution < -0.4 is 5.32 Å². The largest absolute Gasteiger partial charge is 0.410 e. The van der Waals surface area contributed by atoms with Crippen molar-refractivity contribution in [2.75, 3.05) is 5.32 Å². The summed E-state index contributed by atoms with van der Waals surface area (Å²) in [5.74, 6) is -0.227. The third-order valence-corrected chi connectivity index (χ3v) is 7.00. The first kappa shape index (κ1) is 23.2. The zero-order valence-corrected chi connectivity index (χ0v) is 19.5. The van der Waals surface area contributed by atoms with Crippen LogP contribution in [0.4, 0.5) is 19.0 Å². The Hall–Kier alpha value is -3.59. The molecule has 5 nitrogen and oxygen atoms in total. The van der Waals surface area contributed by atoms with Gasteiger partial charge in [-0.15, -0.1) is 11.3 Å². The summed E-state index contributed by atoms with van der Waals surface area (Å²) in [7, 11) is 0. The van der Waals surface area contributed by atoms with Gasteiger partial charge in [-0.05, 0) is 22.6 Å². The summed E-state index contributed by atoms with van der Waals surface area (Å²) < 4.78 is 42.9. The summed E-state index contributed by atoms with van der Waals surface area (Å²) in [5, 5.41) is 9.16. The van der Waals surface area contributed by atoms with E-state index in [9.17, 15) is 18.0 Å². The summed E-state index contributed by atoms with van der Waals surface area (Å²) in [4.78, 5) is 16.0. The Morgan fingerprint density at radius 1 is 1.00 bits per heavy atom. The highest BCUT2D eigenvalue weighted by atomic mass is 32.1. The highest BCUT2D eigenvalue weighted by molar-refractivity contribution is 7.10. The first-order valence-electron chi connectivity index (χ1n) is 11.2. The minimum Gasteiger partial charge on any atom is -0.363 e. The van der Waals surface area contributed by atoms with Crippen LogP contribution in [0.5, 0.6) is 0 Å². The monoisotopic (exact) mass is 496 g/mol. The van der Waals surface area contributed by atoms with Crippen molar-refractivity contribution in [3.05, 3.63) is 106 Å². The number of fused-ring (bicyclic) bond motifs is 1. The number of thiophene rings is 1. The van der Waals surface area contributed by atoms with E-state index in [0.717, 1.165) is 20.7 Å². The Balaban J connectivity index is 1.47. The Kier molecular flexibility index (Phi) is 6.34. The van der Waals surface area contributed by atoms with E-state index in [1.165, 1.54) is 17.4 Å². The van der Waals surface area contributed by atoms with Gasteiger partial charge in [-0.25, -0.2) is 4.68 Å². The van der Waals surface area contributed by atoms with Crippen molar-refractivity contribution < 1.29 is 18.0 Å². The minimum atomic E-state index is -4.49. The van der Waals surface area contributed by atoms with Crippen molar-refractivity contribution in [2.24, 2.45) is 0 Å². The number of carbonyl (C=O) groups is 1. The number of nitrogens with zero attached hydrogens (tertiary/aromatic N) is 3. The summed E-state index contributed by atoms with van der Waals surface area (Å²) >= 11 is 1.40. The number of hydrogen-bond donors (Lipinski definition) is 1. The maximum Gasteiger partial charge on any atom is 0.410 e. The van der Waals surface area contributed by atoms with E-state index in [2.05, 4.69) is 10.4 Å². The summed E-state index contributed by atoms with van der Waals surface area (Å²) in [5.41, 5.74) is 1.83. The normalized spacial score (nSPS) is 17.5. The smallest absolute Gasteiger partial charge is 0.363 e. The van der Waals surface area contributed by atoms with Crippen LogP contribution in [-0.4, -0.2) is 26.8 Å². The van der Waals surface area contributed by atoms with Gasteiger partial charge in [0, 0.05) is 30.5 Å². The quantitative estimate of drug-likeness (QED) is 0.334. The first-order valence-corrected chi connectivity index (χ1v) is 12.1. The van der Waals surface area contributed by atoms with Crippen LogP contribution in [0.15, 0.2) is 84.2 Å². The lowest BCUT2D eigenvalue weighted by Gasteiger charge is -2.32. The fourth-order valence-electron chi connectivity index (χ4n) is 4.32. The molecular weight excluding hydrogens is 473 g/mol. The zero-order valence-electron chi connectivity index (χ0n) is 18.7. The Bertz CT molecular complexity index is 1230. The van der Waals surface area contributed by atoms with Crippen molar-refractivity contribution in [3.8, 4) is 0 Å². The van der Waals surface area contributed by atoms with Gasteiger partial charge in [-0.1, -0.05) is 66.7 Å². The number of carbonyl (C=O) groups excluding carboxylic acids is 1. The van der Waals surface area contributed by atoms with Gasteiger partial charge in [0.2, 0.25) is 0 Å². The molecule has 1 N–H and O–H groups in total. The molecule has 2 aromatic heterocycles. The lowest BCUT2D eigenvalue weighted by molar-refractivity contribution is -0.173. The third kappa shape index (κ3) is 5.09. The predicted molar refractivity (Wildman–Crippen MR) is 129 cm³/mol. The number of halogens is 3. The molecule has 0 bridgehead atoms. The van der Waals surface area contributed by atoms with Gasteiger partial charge < -0.3 is 10.2 Å². The lowest BCUT2D eigenvalue weighted by atomic mass is 10.0. The Morgan fingerprint density at radius 2 is 1.63 bits per heavy atom. The van der Waals surface area contributed by atoms with Crippen molar-refractivity contribution in [1.82, 2.24) is 14.7 Å². The molecule has 180 valence electrons. The molecule has 35 heavy (non-hydrogen) atoms. The second-order valence-electron chi connectivity index (χ2n) is 8.50. The highest BCUT2D eigenvalue weighted by Gasteiger charge is 2.47. The van der Waals surface area contributed by atoms with Crippen molar-refractivity contribution in [3.63, 3.8) is 0 Å². The summed E-state index contributed by atoms with van der Waals surface area (Å²) in [6, 6.07) is 21.7. The standard InChI is InChI=1S/C26H23F3N4OS/c27-26(28,29)23-14-20(22-12-7-13-35-22)30-24-15-21(31-33(23)24)25(34)32(16-18-8-3-1-4-9-18)17-19-10-5-2-6-11-19/h1-13,15,20,23,30H,14,16-17H2/t20-,23-/m0/s1. The number of anilines is 1. The molecule has 0 saturated heterocycles. The van der Waals surface area contributed by atoms with Gasteiger partial charge >= 0.3 is 6.18 Å². The number of benzene rings is 2. The lowest BCUT2D eigenvalue weighted by Crippen LogP contribution is -2.35. The SMILES string of the molecule is O=C(c1cc2n(n1)[C@H](C(F)(F)F)C[C@@H](c1cccs1)N2)N(Cc1ccccc1)Cc1ccccc1. The fourth-order valence-corrected chi connectivity index (χ4v) is 5.11. The van der Waals surface area contributed by atoms with Gasteiger partial charge in [-0.3, -0.25) is 4.79 Å². The molecule has 1 aliphatic heterocycles. The van der Waals surface area contributed by atoms with Gasteiger partial charge in [0.1, 0.15) is 5.82 Å². The second-order valence-corrected chi connectivity index (χ2v) is 9.48. The maximum atomic E-state index is 14.0. The molecule has 0 unspecified atom stereocenters. The second kappa shape index (κ2) is 9.58. The van der Waals surface area contributed by atoms with E-state index in [1.54, 1.807) is 4.90 Å². The topological polar surface area (TPSA) is 50.2 Å². The molecular formula is C26H23F3N4OS. The molecule has 0 saturated carbocycles. The average molecular weight is 497 g/mol. The van der Waals surface area contributed by atoms with Gasteiger partial charge in [0.15, 0.2) is 11.7 Å². The predicted octanol–water partition coefficient (Wildman–Crippen LogP) is 6.45. The van der Waals surface area contributed by atoms with Crippen LogP contribution in [0.25, 0.3) is 0 Å². The molecule has 1 aliphatic rings. The van der Waals surface area contributed by atoms with Crippen molar-refractivity contribution in [2.45, 2.75) is 37.8 Å². The number of hydrogen-bond acceptors (Lipinski definition) is 4. The van der Waals surface area contributed by atoms with E-state index in [4.69, 9.17) is 0 Å². The first-order chi connectivity index (χ1) is 16.9. The fraction of sp³-hybridized carbons (Fsp3) is 0.231. The molecule has 2 atom stereocenters. The third-order valence-electron chi connectivity index (χ3n) is 6.02. The number of amides is 1. The molecule has 5 rings (SSSR count). The van der Waals surface area contributed by atoms with Crippen LogP contribution in [0.3, 0.4) is 0 Å². The van der Waals surface area contributed by atoms with Gasteiger partial charge in [-0.2, -0.15) is 18.3 Å². The average Bonchev–Trinajstić information content (AvgIpc) is 3.53. The van der Waals surface area contributed by atoms with Crippen LogP contribution >= 0.6 is 11.3 Å². The van der Waals surface area contributed by atoms with E-state index in [1.807, 2.05) is 78.2 Å². The zero-order chi connectivity index (χ0) is 24.4. The molecule has 0 fully saturated rings. The molecule has 3 heterocycles. The number of aromatic nitrogens is 2. The summed E-state index contributed by atoms with van der Waals surface area (Å²) in [6.45, 7) is 0.620.